The standard InChI is InChI=1S/C12H17NO3/c1-12(2,11(14)15)10-6-4-9(5-7-10)8-16-13-3/h4-7,13H,8H2,1-3H3,(H,14,15). The summed E-state index contributed by atoms with van der Waals surface area (Å²) in [6.07, 6.45) is 0. The van der Waals surface area contributed by atoms with Crippen LogP contribution in [0.2, 0.25) is 0 Å². The largest absolute Gasteiger partial charge is 0.481 e. The number of rotatable bonds is 5. The Hall–Kier alpha value is -1.39. The van der Waals surface area contributed by atoms with Crippen molar-refractivity contribution in [3.8, 4) is 0 Å². The molecule has 1 aromatic carbocycles. The van der Waals surface area contributed by atoms with Crippen LogP contribution in [0.5, 0.6) is 0 Å². The second-order valence-electron chi connectivity index (χ2n) is 4.12. The topological polar surface area (TPSA) is 58.6 Å². The van der Waals surface area contributed by atoms with Crippen molar-refractivity contribution in [2.75, 3.05) is 7.05 Å². The molecule has 88 valence electrons. The molecule has 0 atom stereocenters. The SMILES string of the molecule is CNOCc1ccc(C(C)(C)C(=O)O)cc1. The Labute approximate surface area is 95.2 Å². The molecule has 0 bridgehead atoms. The van der Waals surface area contributed by atoms with E-state index in [4.69, 9.17) is 9.94 Å². The maximum Gasteiger partial charge on any atom is 0.313 e. The lowest BCUT2D eigenvalue weighted by molar-refractivity contribution is -0.142. The molecule has 0 saturated carbocycles. The minimum atomic E-state index is -0.859. The van der Waals surface area contributed by atoms with Gasteiger partial charge in [0.25, 0.3) is 0 Å². The fraction of sp³-hybridized carbons (Fsp3) is 0.417. The van der Waals surface area contributed by atoms with Crippen molar-refractivity contribution in [3.05, 3.63) is 35.4 Å². The molecule has 4 heteroatoms. The number of carboxylic acid groups (broad SMARTS) is 1. The molecule has 0 aromatic heterocycles. The van der Waals surface area contributed by atoms with E-state index in [-0.39, 0.29) is 0 Å². The zero-order valence-corrected chi connectivity index (χ0v) is 9.78. The van der Waals surface area contributed by atoms with E-state index in [1.54, 1.807) is 20.9 Å². The summed E-state index contributed by atoms with van der Waals surface area (Å²) >= 11 is 0. The normalized spacial score (nSPS) is 11.4. The van der Waals surface area contributed by atoms with E-state index in [0.29, 0.717) is 6.61 Å². The lowest BCUT2D eigenvalue weighted by Gasteiger charge is -2.19. The number of carbonyl (C=O) groups is 1. The highest BCUT2D eigenvalue weighted by Crippen LogP contribution is 2.23. The van der Waals surface area contributed by atoms with Crippen LogP contribution in [0.25, 0.3) is 0 Å². The van der Waals surface area contributed by atoms with Gasteiger partial charge in [-0.3, -0.25) is 9.63 Å². The Morgan fingerprint density at radius 1 is 1.38 bits per heavy atom. The van der Waals surface area contributed by atoms with Gasteiger partial charge in [-0.15, -0.1) is 0 Å². The molecule has 16 heavy (non-hydrogen) atoms. The Bertz CT molecular complexity index is 357. The van der Waals surface area contributed by atoms with Crippen LogP contribution < -0.4 is 5.48 Å². The number of carboxylic acids is 1. The number of hydrogen-bond acceptors (Lipinski definition) is 3. The highest BCUT2D eigenvalue weighted by Gasteiger charge is 2.28. The summed E-state index contributed by atoms with van der Waals surface area (Å²) in [6.45, 7) is 3.84. The summed E-state index contributed by atoms with van der Waals surface area (Å²) in [4.78, 5) is 16.1. The second kappa shape index (κ2) is 5.09. The molecule has 0 aliphatic rings. The third-order valence-corrected chi connectivity index (χ3v) is 2.59. The molecular weight excluding hydrogens is 206 g/mol. The van der Waals surface area contributed by atoms with Gasteiger partial charge in [0.2, 0.25) is 0 Å². The van der Waals surface area contributed by atoms with Crippen LogP contribution >= 0.6 is 0 Å². The molecule has 0 saturated heterocycles. The average Bonchev–Trinajstić information content (AvgIpc) is 2.26. The average molecular weight is 223 g/mol. The molecule has 0 aliphatic carbocycles. The van der Waals surface area contributed by atoms with Crippen LogP contribution in [0.1, 0.15) is 25.0 Å². The summed E-state index contributed by atoms with van der Waals surface area (Å²) in [6, 6.07) is 7.39. The summed E-state index contributed by atoms with van der Waals surface area (Å²) in [5.74, 6) is -0.827. The van der Waals surface area contributed by atoms with Crippen molar-refractivity contribution in [1.29, 1.82) is 0 Å². The molecule has 0 fully saturated rings. The van der Waals surface area contributed by atoms with Crippen LogP contribution in [0, 0.1) is 0 Å². The van der Waals surface area contributed by atoms with Gasteiger partial charge in [0.15, 0.2) is 0 Å². The number of nitrogens with one attached hydrogen (secondary N) is 1. The molecule has 0 amide bonds. The number of aliphatic carboxylic acids is 1. The smallest absolute Gasteiger partial charge is 0.313 e. The molecule has 0 aliphatic heterocycles. The third-order valence-electron chi connectivity index (χ3n) is 2.59. The van der Waals surface area contributed by atoms with Crippen LogP contribution in [-0.4, -0.2) is 18.1 Å². The number of hydrogen-bond donors (Lipinski definition) is 2. The minimum absolute atomic E-state index is 0.463. The maximum atomic E-state index is 11.0. The molecule has 0 spiro atoms. The predicted molar refractivity (Wildman–Crippen MR) is 61.0 cm³/mol. The van der Waals surface area contributed by atoms with Crippen LogP contribution in [0.4, 0.5) is 0 Å². The fourth-order valence-corrected chi connectivity index (χ4v) is 1.30. The molecule has 1 aromatic rings. The van der Waals surface area contributed by atoms with Crippen LogP contribution in [0.3, 0.4) is 0 Å². The van der Waals surface area contributed by atoms with E-state index in [1.165, 1.54) is 0 Å². The highest BCUT2D eigenvalue weighted by atomic mass is 16.6. The van der Waals surface area contributed by atoms with E-state index in [9.17, 15) is 4.79 Å². The first-order valence-corrected chi connectivity index (χ1v) is 5.10. The van der Waals surface area contributed by atoms with Crippen molar-refractivity contribution < 1.29 is 14.7 Å². The highest BCUT2D eigenvalue weighted by molar-refractivity contribution is 5.80. The second-order valence-corrected chi connectivity index (χ2v) is 4.12. The Balaban J connectivity index is 2.82. The fourth-order valence-electron chi connectivity index (χ4n) is 1.30. The summed E-state index contributed by atoms with van der Waals surface area (Å²) in [7, 11) is 1.70. The van der Waals surface area contributed by atoms with Crippen LogP contribution in [0.15, 0.2) is 24.3 Å². The van der Waals surface area contributed by atoms with Gasteiger partial charge in [-0.25, -0.2) is 5.48 Å². The third kappa shape index (κ3) is 2.81. The summed E-state index contributed by atoms with van der Waals surface area (Å²) < 4.78 is 0. The lowest BCUT2D eigenvalue weighted by atomic mass is 9.84. The maximum absolute atomic E-state index is 11.0. The molecule has 2 N–H and O–H groups in total. The van der Waals surface area contributed by atoms with Gasteiger partial charge in [0, 0.05) is 7.05 Å². The molecule has 0 unspecified atom stereocenters. The van der Waals surface area contributed by atoms with Gasteiger partial charge in [0.05, 0.1) is 12.0 Å². The van der Waals surface area contributed by atoms with E-state index < -0.39 is 11.4 Å². The van der Waals surface area contributed by atoms with Gasteiger partial charge in [-0.1, -0.05) is 24.3 Å². The van der Waals surface area contributed by atoms with E-state index in [2.05, 4.69) is 5.48 Å². The lowest BCUT2D eigenvalue weighted by Crippen LogP contribution is -2.28. The summed E-state index contributed by atoms with van der Waals surface area (Å²) in [5.41, 5.74) is 3.51. The molecule has 4 nitrogen and oxygen atoms in total. The van der Waals surface area contributed by atoms with Gasteiger partial charge < -0.3 is 5.11 Å². The van der Waals surface area contributed by atoms with Gasteiger partial charge >= 0.3 is 5.97 Å². The van der Waals surface area contributed by atoms with Gasteiger partial charge in [-0.2, -0.15) is 0 Å². The zero-order chi connectivity index (χ0) is 12.2. The van der Waals surface area contributed by atoms with Crippen molar-refractivity contribution in [2.24, 2.45) is 0 Å². The number of benzene rings is 1. The predicted octanol–water partition coefficient (Wildman–Crippen LogP) is 1.70. The molecular formula is C12H17NO3. The van der Waals surface area contributed by atoms with Crippen molar-refractivity contribution >= 4 is 5.97 Å². The number of hydroxylamine groups is 1. The van der Waals surface area contributed by atoms with Crippen molar-refractivity contribution in [3.63, 3.8) is 0 Å². The zero-order valence-electron chi connectivity index (χ0n) is 9.78. The summed E-state index contributed by atoms with van der Waals surface area (Å²) in [5, 5.41) is 9.07. The van der Waals surface area contributed by atoms with E-state index in [1.807, 2.05) is 24.3 Å². The Kier molecular flexibility index (Phi) is 4.04. The van der Waals surface area contributed by atoms with Crippen molar-refractivity contribution in [2.45, 2.75) is 25.9 Å². The molecule has 0 heterocycles. The van der Waals surface area contributed by atoms with E-state index in [0.717, 1.165) is 11.1 Å². The van der Waals surface area contributed by atoms with E-state index >= 15 is 0 Å². The van der Waals surface area contributed by atoms with Crippen LogP contribution in [-0.2, 0) is 21.7 Å². The Morgan fingerprint density at radius 2 is 1.94 bits per heavy atom. The van der Waals surface area contributed by atoms with Gasteiger partial charge in [0.1, 0.15) is 0 Å². The first-order chi connectivity index (χ1) is 7.48. The Morgan fingerprint density at radius 3 is 2.38 bits per heavy atom. The van der Waals surface area contributed by atoms with Gasteiger partial charge in [-0.05, 0) is 25.0 Å². The molecule has 1 rings (SSSR count). The van der Waals surface area contributed by atoms with Crippen molar-refractivity contribution in [1.82, 2.24) is 5.48 Å². The monoisotopic (exact) mass is 223 g/mol. The quantitative estimate of drug-likeness (QED) is 0.746. The first-order valence-electron chi connectivity index (χ1n) is 5.10. The first kappa shape index (κ1) is 12.7. The minimum Gasteiger partial charge on any atom is -0.481 e. The molecule has 0 radical (unpaired) electrons.